The van der Waals surface area contributed by atoms with Crippen molar-refractivity contribution in [1.82, 2.24) is 4.90 Å². The van der Waals surface area contributed by atoms with E-state index in [4.69, 9.17) is 10.5 Å². The Hall–Kier alpha value is -1.27. The lowest BCUT2D eigenvalue weighted by molar-refractivity contribution is 0.114. The normalized spacial score (nSPS) is 17.9. The Morgan fingerprint density at radius 1 is 1.27 bits per heavy atom. The summed E-state index contributed by atoms with van der Waals surface area (Å²) in [6.45, 7) is 2.37. The molecule has 3 N–H and O–H groups in total. The molecule has 0 saturated carbocycles. The Morgan fingerprint density at radius 2 is 1.95 bits per heavy atom. The number of benzene rings is 1. The van der Waals surface area contributed by atoms with Gasteiger partial charge in [-0.25, -0.2) is 0 Å². The molecule has 1 heterocycles. The summed E-state index contributed by atoms with van der Waals surface area (Å²) < 4.78 is 6.45. The van der Waals surface area contributed by atoms with Crippen molar-refractivity contribution >= 4 is 21.9 Å². The van der Waals surface area contributed by atoms with Gasteiger partial charge in [-0.05, 0) is 40.9 Å². The van der Waals surface area contributed by atoms with Crippen LogP contribution in [0.1, 0.15) is 25.7 Å². The fourth-order valence-corrected chi connectivity index (χ4v) is 2.80. The number of likely N-dealkylation sites (tertiary alicyclic amines) is 1. The molecule has 1 atom stereocenters. The number of aliphatic hydroxyl groups excluding tert-OH is 1. The van der Waals surface area contributed by atoms with Crippen molar-refractivity contribution in [2.45, 2.75) is 31.8 Å². The second kappa shape index (κ2) is 9.00. The van der Waals surface area contributed by atoms with Gasteiger partial charge in [-0.15, -0.1) is 0 Å². The third-order valence-electron chi connectivity index (χ3n) is 3.66. The fourth-order valence-electron chi connectivity index (χ4n) is 2.40. The van der Waals surface area contributed by atoms with Crippen molar-refractivity contribution in [2.24, 2.45) is 10.7 Å². The zero-order valence-electron chi connectivity index (χ0n) is 12.7. The Kier molecular flexibility index (Phi) is 6.99. The van der Waals surface area contributed by atoms with Crippen LogP contribution in [0.4, 0.5) is 0 Å². The van der Waals surface area contributed by atoms with Gasteiger partial charge in [0.05, 0.1) is 11.0 Å². The topological polar surface area (TPSA) is 71.1 Å². The average molecular weight is 370 g/mol. The van der Waals surface area contributed by atoms with Gasteiger partial charge in [-0.3, -0.25) is 4.99 Å². The lowest BCUT2D eigenvalue weighted by Crippen LogP contribution is -2.38. The third-order valence-corrected chi connectivity index (χ3v) is 4.32. The smallest absolute Gasteiger partial charge is 0.191 e. The lowest BCUT2D eigenvalue weighted by atomic mass is 10.2. The van der Waals surface area contributed by atoms with E-state index in [1.54, 1.807) is 0 Å². The van der Waals surface area contributed by atoms with Crippen LogP contribution in [-0.2, 0) is 0 Å². The molecule has 122 valence electrons. The fraction of sp³-hybridized carbons (Fsp3) is 0.562. The second-order valence-electron chi connectivity index (χ2n) is 5.50. The molecule has 22 heavy (non-hydrogen) atoms. The summed E-state index contributed by atoms with van der Waals surface area (Å²) in [7, 11) is 0. The molecule has 5 nitrogen and oxygen atoms in total. The van der Waals surface area contributed by atoms with Gasteiger partial charge in [0, 0.05) is 13.1 Å². The predicted molar refractivity (Wildman–Crippen MR) is 92.2 cm³/mol. The molecule has 0 aliphatic carbocycles. The van der Waals surface area contributed by atoms with Crippen LogP contribution in [0, 0.1) is 0 Å². The van der Waals surface area contributed by atoms with E-state index in [-0.39, 0.29) is 13.2 Å². The van der Waals surface area contributed by atoms with Gasteiger partial charge in [0.15, 0.2) is 5.96 Å². The minimum absolute atomic E-state index is 0.194. The number of ether oxygens (including phenoxy) is 1. The maximum atomic E-state index is 9.98. The van der Waals surface area contributed by atoms with Crippen molar-refractivity contribution in [3.63, 3.8) is 0 Å². The SMILES string of the molecule is NC(=NCC(O)COc1ccccc1Br)N1CCCCCC1. The maximum Gasteiger partial charge on any atom is 0.191 e. The predicted octanol–water partition coefficient (Wildman–Crippen LogP) is 2.38. The summed E-state index contributed by atoms with van der Waals surface area (Å²) in [6.07, 6.45) is 4.16. The molecule has 0 spiro atoms. The van der Waals surface area contributed by atoms with E-state index < -0.39 is 6.10 Å². The van der Waals surface area contributed by atoms with E-state index in [0.717, 1.165) is 30.4 Å². The summed E-state index contributed by atoms with van der Waals surface area (Å²) in [5.74, 6) is 1.24. The van der Waals surface area contributed by atoms with E-state index in [2.05, 4.69) is 25.8 Å². The van der Waals surface area contributed by atoms with Crippen LogP contribution in [-0.4, -0.2) is 48.3 Å². The summed E-state index contributed by atoms with van der Waals surface area (Å²) in [5.41, 5.74) is 6.01. The molecule has 1 unspecified atom stereocenters. The maximum absolute atomic E-state index is 9.98. The Labute approximate surface area is 140 Å². The number of hydrogen-bond acceptors (Lipinski definition) is 3. The number of halogens is 1. The van der Waals surface area contributed by atoms with Crippen LogP contribution in [0.2, 0.25) is 0 Å². The number of nitrogens with zero attached hydrogens (tertiary/aromatic N) is 2. The van der Waals surface area contributed by atoms with Crippen LogP contribution in [0.3, 0.4) is 0 Å². The van der Waals surface area contributed by atoms with Crippen molar-refractivity contribution in [3.05, 3.63) is 28.7 Å². The lowest BCUT2D eigenvalue weighted by Gasteiger charge is -2.21. The first-order valence-corrected chi connectivity index (χ1v) is 8.56. The van der Waals surface area contributed by atoms with Gasteiger partial charge >= 0.3 is 0 Å². The number of aliphatic imine (C=N–C) groups is 1. The van der Waals surface area contributed by atoms with E-state index in [1.807, 2.05) is 24.3 Å². The van der Waals surface area contributed by atoms with Crippen molar-refractivity contribution in [2.75, 3.05) is 26.2 Å². The van der Waals surface area contributed by atoms with Gasteiger partial charge in [0.1, 0.15) is 18.5 Å². The van der Waals surface area contributed by atoms with Crippen LogP contribution in [0.5, 0.6) is 5.75 Å². The number of aliphatic hydroxyl groups is 1. The van der Waals surface area contributed by atoms with Gasteiger partial charge in [-0.1, -0.05) is 25.0 Å². The van der Waals surface area contributed by atoms with Gasteiger partial charge in [0.25, 0.3) is 0 Å². The molecule has 0 aromatic heterocycles. The summed E-state index contributed by atoms with van der Waals surface area (Å²) in [6, 6.07) is 7.56. The number of guanidine groups is 1. The Bertz CT molecular complexity index is 488. The number of hydrogen-bond donors (Lipinski definition) is 2. The van der Waals surface area contributed by atoms with E-state index in [1.165, 1.54) is 12.8 Å². The average Bonchev–Trinajstić information content (AvgIpc) is 2.81. The van der Waals surface area contributed by atoms with E-state index in [0.29, 0.717) is 11.7 Å². The zero-order chi connectivity index (χ0) is 15.8. The summed E-state index contributed by atoms with van der Waals surface area (Å²) in [5, 5.41) is 9.98. The highest BCUT2D eigenvalue weighted by Gasteiger charge is 2.12. The summed E-state index contributed by atoms with van der Waals surface area (Å²) in [4.78, 5) is 6.41. The molecule has 0 radical (unpaired) electrons. The Balaban J connectivity index is 1.77. The molecule has 1 aromatic carbocycles. The van der Waals surface area contributed by atoms with Gasteiger partial charge < -0.3 is 20.5 Å². The third kappa shape index (κ3) is 5.50. The number of rotatable bonds is 5. The van der Waals surface area contributed by atoms with Gasteiger partial charge in [-0.2, -0.15) is 0 Å². The van der Waals surface area contributed by atoms with Crippen LogP contribution < -0.4 is 10.5 Å². The number of nitrogens with two attached hydrogens (primary N) is 1. The molecule has 1 fully saturated rings. The first kappa shape index (κ1) is 17.1. The molecule has 6 heteroatoms. The van der Waals surface area contributed by atoms with Gasteiger partial charge in [0.2, 0.25) is 0 Å². The quantitative estimate of drug-likeness (QED) is 0.617. The van der Waals surface area contributed by atoms with Crippen LogP contribution in [0.15, 0.2) is 33.7 Å². The molecule has 0 bridgehead atoms. The van der Waals surface area contributed by atoms with Crippen LogP contribution >= 0.6 is 15.9 Å². The monoisotopic (exact) mass is 369 g/mol. The largest absolute Gasteiger partial charge is 0.490 e. The molecule has 0 amide bonds. The first-order valence-electron chi connectivity index (χ1n) is 7.77. The zero-order valence-corrected chi connectivity index (χ0v) is 14.3. The van der Waals surface area contributed by atoms with Crippen molar-refractivity contribution in [3.8, 4) is 5.75 Å². The second-order valence-corrected chi connectivity index (χ2v) is 6.35. The van der Waals surface area contributed by atoms with Crippen molar-refractivity contribution < 1.29 is 9.84 Å². The minimum atomic E-state index is -0.669. The Morgan fingerprint density at radius 3 is 2.64 bits per heavy atom. The molecule has 1 aliphatic heterocycles. The van der Waals surface area contributed by atoms with E-state index in [9.17, 15) is 5.11 Å². The van der Waals surface area contributed by atoms with Crippen LogP contribution in [0.25, 0.3) is 0 Å². The molecule has 1 aliphatic rings. The van der Waals surface area contributed by atoms with E-state index >= 15 is 0 Å². The highest BCUT2D eigenvalue weighted by atomic mass is 79.9. The molecular weight excluding hydrogens is 346 g/mol. The standard InChI is InChI=1S/C16H24BrN3O2/c17-14-7-3-4-8-15(14)22-12-13(21)11-19-16(18)20-9-5-1-2-6-10-20/h3-4,7-8,13,21H,1-2,5-6,9-12H2,(H2,18,19). The molecular formula is C16H24BrN3O2. The highest BCUT2D eigenvalue weighted by Crippen LogP contribution is 2.23. The summed E-state index contributed by atoms with van der Waals surface area (Å²) >= 11 is 3.41. The molecule has 1 saturated heterocycles. The highest BCUT2D eigenvalue weighted by molar-refractivity contribution is 9.10. The molecule has 1 aromatic rings. The molecule has 2 rings (SSSR count). The number of para-hydroxylation sites is 1. The minimum Gasteiger partial charge on any atom is -0.490 e. The first-order chi connectivity index (χ1) is 10.7. The van der Waals surface area contributed by atoms with Crippen molar-refractivity contribution in [1.29, 1.82) is 0 Å².